The van der Waals surface area contributed by atoms with Crippen molar-refractivity contribution in [2.75, 3.05) is 0 Å². The normalized spacial score (nSPS) is 12.2. The number of aromatic nitrogens is 1. The summed E-state index contributed by atoms with van der Waals surface area (Å²) in [5.74, 6) is 0.373. The summed E-state index contributed by atoms with van der Waals surface area (Å²) in [6.45, 7) is 6.19. The largest absolute Gasteiger partial charge is 0.350 e. The van der Waals surface area contributed by atoms with Crippen LogP contribution in [0.3, 0.4) is 0 Å². The summed E-state index contributed by atoms with van der Waals surface area (Å²) in [5, 5.41) is 5.11. The highest BCUT2D eigenvalue weighted by Crippen LogP contribution is 2.20. The molecule has 20 heavy (non-hydrogen) atoms. The molecule has 0 aliphatic rings. The molecule has 0 radical (unpaired) electrons. The molecule has 0 unspecified atom stereocenters. The van der Waals surface area contributed by atoms with E-state index in [1.165, 1.54) is 0 Å². The molecule has 0 saturated carbocycles. The van der Waals surface area contributed by atoms with Crippen molar-refractivity contribution >= 4 is 22.5 Å². The molecule has 1 aromatic heterocycles. The fourth-order valence-electron chi connectivity index (χ4n) is 2.37. The average molecular weight is 271 g/mol. The molecular formula is C16H21N3O. The number of amides is 1. The summed E-state index contributed by atoms with van der Waals surface area (Å²) < 4.78 is 1.95. The van der Waals surface area contributed by atoms with Crippen LogP contribution in [0.2, 0.25) is 0 Å². The van der Waals surface area contributed by atoms with Crippen molar-refractivity contribution in [3.63, 3.8) is 0 Å². The van der Waals surface area contributed by atoms with E-state index in [9.17, 15) is 4.79 Å². The molecule has 0 aliphatic heterocycles. The van der Waals surface area contributed by atoms with Gasteiger partial charge in [0.1, 0.15) is 0 Å². The Morgan fingerprint density at radius 2 is 2.05 bits per heavy atom. The minimum atomic E-state index is -0.162. The Morgan fingerprint density at radius 3 is 2.75 bits per heavy atom. The van der Waals surface area contributed by atoms with Crippen LogP contribution in [0.15, 0.2) is 35.6 Å². The maximum Gasteiger partial charge on any atom is 0.273 e. The van der Waals surface area contributed by atoms with Crippen molar-refractivity contribution in [2.45, 2.75) is 27.2 Å². The third-order valence-electron chi connectivity index (χ3n) is 3.19. The van der Waals surface area contributed by atoms with Crippen LogP contribution in [0.5, 0.6) is 0 Å². The van der Waals surface area contributed by atoms with E-state index in [2.05, 4.69) is 24.4 Å². The molecule has 1 N–H and O–H groups in total. The number of hydrogen-bond donors (Lipinski definition) is 1. The second-order valence-electron chi connectivity index (χ2n) is 5.56. The summed E-state index contributed by atoms with van der Waals surface area (Å²) in [6.07, 6.45) is 2.73. The van der Waals surface area contributed by atoms with Crippen LogP contribution in [0.25, 0.3) is 10.9 Å². The van der Waals surface area contributed by atoms with Gasteiger partial charge in [0.25, 0.3) is 5.91 Å². The highest BCUT2D eigenvalue weighted by Gasteiger charge is 2.12. The average Bonchev–Trinajstić information content (AvgIpc) is 2.73. The van der Waals surface area contributed by atoms with E-state index >= 15 is 0 Å². The first-order valence-electron chi connectivity index (χ1n) is 6.86. The summed E-state index contributed by atoms with van der Waals surface area (Å²) in [4.78, 5) is 12.2. The van der Waals surface area contributed by atoms with Crippen LogP contribution in [0, 0.1) is 5.92 Å². The molecule has 1 heterocycles. The second-order valence-corrected chi connectivity index (χ2v) is 5.56. The molecule has 0 atom stereocenters. The Balaban J connectivity index is 2.20. The lowest BCUT2D eigenvalue weighted by Gasteiger charge is -2.04. The van der Waals surface area contributed by atoms with E-state index in [0.29, 0.717) is 11.5 Å². The van der Waals surface area contributed by atoms with Crippen molar-refractivity contribution in [1.29, 1.82) is 0 Å². The number of carbonyl (C=O) groups excluding carboxylic acids is 1. The first-order valence-corrected chi connectivity index (χ1v) is 6.86. The van der Waals surface area contributed by atoms with Gasteiger partial charge in [0.05, 0.1) is 5.56 Å². The van der Waals surface area contributed by atoms with Gasteiger partial charge in [-0.2, -0.15) is 5.10 Å². The lowest BCUT2D eigenvalue weighted by atomic mass is 10.1. The zero-order valence-electron chi connectivity index (χ0n) is 12.5. The smallest absolute Gasteiger partial charge is 0.273 e. The first-order chi connectivity index (χ1) is 9.49. The van der Waals surface area contributed by atoms with Gasteiger partial charge in [-0.25, -0.2) is 5.43 Å². The van der Waals surface area contributed by atoms with Gasteiger partial charge in [0.15, 0.2) is 0 Å². The molecule has 0 spiro atoms. The SMILES string of the molecule is CC(CC(C)C)=NNC(=O)c1cn(C)c2ccccc12. The van der Waals surface area contributed by atoms with Crippen molar-refractivity contribution in [2.24, 2.45) is 18.1 Å². The minimum absolute atomic E-state index is 0.162. The summed E-state index contributed by atoms with van der Waals surface area (Å²) in [5.41, 5.74) is 5.28. The Morgan fingerprint density at radius 1 is 1.35 bits per heavy atom. The van der Waals surface area contributed by atoms with E-state index in [1.54, 1.807) is 0 Å². The number of carbonyl (C=O) groups is 1. The molecule has 4 nitrogen and oxygen atoms in total. The Hall–Kier alpha value is -2.10. The van der Waals surface area contributed by atoms with Crippen LogP contribution in [0.4, 0.5) is 0 Å². The third-order valence-corrected chi connectivity index (χ3v) is 3.19. The molecular weight excluding hydrogens is 250 g/mol. The van der Waals surface area contributed by atoms with Gasteiger partial charge in [0, 0.05) is 29.9 Å². The van der Waals surface area contributed by atoms with Crippen LogP contribution >= 0.6 is 0 Å². The van der Waals surface area contributed by atoms with Crippen molar-refractivity contribution < 1.29 is 4.79 Å². The molecule has 1 aromatic carbocycles. The van der Waals surface area contributed by atoms with Crippen LogP contribution < -0.4 is 5.43 Å². The van der Waals surface area contributed by atoms with Crippen LogP contribution in [-0.4, -0.2) is 16.2 Å². The van der Waals surface area contributed by atoms with Crippen molar-refractivity contribution in [1.82, 2.24) is 9.99 Å². The number of hydrazone groups is 1. The van der Waals surface area contributed by atoms with Crippen molar-refractivity contribution in [3.8, 4) is 0 Å². The number of aryl methyl sites for hydroxylation is 1. The Bertz CT molecular complexity index is 653. The highest BCUT2D eigenvalue weighted by atomic mass is 16.2. The van der Waals surface area contributed by atoms with Crippen molar-refractivity contribution in [3.05, 3.63) is 36.0 Å². The van der Waals surface area contributed by atoms with Gasteiger partial charge in [-0.15, -0.1) is 0 Å². The molecule has 0 fully saturated rings. The van der Waals surface area contributed by atoms with Gasteiger partial charge in [-0.3, -0.25) is 4.79 Å². The number of rotatable bonds is 4. The molecule has 2 aromatic rings. The quantitative estimate of drug-likeness (QED) is 0.673. The standard InChI is InChI=1S/C16H21N3O/c1-11(2)9-12(3)17-18-16(20)14-10-19(4)15-8-6-5-7-13(14)15/h5-8,10-11H,9H2,1-4H3,(H,18,20). The molecule has 4 heteroatoms. The highest BCUT2D eigenvalue weighted by molar-refractivity contribution is 6.07. The molecule has 106 valence electrons. The molecule has 0 saturated heterocycles. The van der Waals surface area contributed by atoms with Gasteiger partial charge in [-0.1, -0.05) is 32.0 Å². The second kappa shape index (κ2) is 5.90. The summed E-state index contributed by atoms with van der Waals surface area (Å²) >= 11 is 0. The number of nitrogens with zero attached hydrogens (tertiary/aromatic N) is 2. The number of benzene rings is 1. The molecule has 2 rings (SSSR count). The first kappa shape index (κ1) is 14.3. The van der Waals surface area contributed by atoms with E-state index in [-0.39, 0.29) is 5.91 Å². The third kappa shape index (κ3) is 3.07. The van der Waals surface area contributed by atoms with Gasteiger partial charge < -0.3 is 4.57 Å². The molecule has 1 amide bonds. The lowest BCUT2D eigenvalue weighted by Crippen LogP contribution is -2.19. The minimum Gasteiger partial charge on any atom is -0.350 e. The van der Waals surface area contributed by atoms with E-state index in [0.717, 1.165) is 23.0 Å². The number of nitrogens with one attached hydrogen (secondary N) is 1. The van der Waals surface area contributed by atoms with E-state index in [4.69, 9.17) is 0 Å². The molecule has 0 aliphatic carbocycles. The van der Waals surface area contributed by atoms with Gasteiger partial charge in [0.2, 0.25) is 0 Å². The van der Waals surface area contributed by atoms with E-state index in [1.807, 2.05) is 49.0 Å². The predicted octanol–water partition coefficient (Wildman–Crippen LogP) is 3.33. The monoisotopic (exact) mass is 271 g/mol. The maximum atomic E-state index is 12.2. The summed E-state index contributed by atoms with van der Waals surface area (Å²) in [6, 6.07) is 7.86. The number of para-hydroxylation sites is 1. The fourth-order valence-corrected chi connectivity index (χ4v) is 2.37. The van der Waals surface area contributed by atoms with Gasteiger partial charge in [-0.05, 0) is 25.3 Å². The topological polar surface area (TPSA) is 46.4 Å². The fraction of sp³-hybridized carbons (Fsp3) is 0.375. The molecule has 0 bridgehead atoms. The summed E-state index contributed by atoms with van der Waals surface area (Å²) in [7, 11) is 1.94. The Kier molecular flexibility index (Phi) is 4.23. The zero-order valence-corrected chi connectivity index (χ0v) is 12.5. The predicted molar refractivity (Wildman–Crippen MR) is 82.9 cm³/mol. The number of hydrogen-bond acceptors (Lipinski definition) is 2. The van der Waals surface area contributed by atoms with E-state index < -0.39 is 0 Å². The maximum absolute atomic E-state index is 12.2. The van der Waals surface area contributed by atoms with Gasteiger partial charge >= 0.3 is 0 Å². The van der Waals surface area contributed by atoms with Crippen LogP contribution in [0.1, 0.15) is 37.6 Å². The zero-order chi connectivity index (χ0) is 14.7. The Labute approximate surface area is 119 Å². The number of fused-ring (bicyclic) bond motifs is 1. The lowest BCUT2D eigenvalue weighted by molar-refractivity contribution is 0.0956. The van der Waals surface area contributed by atoms with Crippen LogP contribution in [-0.2, 0) is 7.05 Å².